The number of carbonyl (C=O) groups excluding carboxylic acids is 1. The Morgan fingerprint density at radius 2 is 1.70 bits per heavy atom. The number of nitrogens with zero attached hydrogens (tertiary/aromatic N) is 3. The molecule has 0 atom stereocenters. The van der Waals surface area contributed by atoms with Crippen LogP contribution in [0.1, 0.15) is 50.0 Å². The monoisotopic (exact) mass is 363 g/mol. The van der Waals surface area contributed by atoms with Crippen molar-refractivity contribution in [3.63, 3.8) is 0 Å². The maximum absolute atomic E-state index is 13.1. The number of hydrogen-bond donors (Lipinski definition) is 0. The third-order valence-corrected chi connectivity index (χ3v) is 4.25. The van der Waals surface area contributed by atoms with E-state index in [9.17, 15) is 4.79 Å². The van der Waals surface area contributed by atoms with Crippen molar-refractivity contribution in [3.8, 4) is 17.4 Å². The van der Waals surface area contributed by atoms with Crippen LogP contribution in [0.25, 0.3) is 11.4 Å². The van der Waals surface area contributed by atoms with Crippen molar-refractivity contribution >= 4 is 5.91 Å². The molecular formula is C22H25N3O2. The molecule has 0 aliphatic carbocycles. The second-order valence-electron chi connectivity index (χ2n) is 7.48. The number of ether oxygens (including phenoxy) is 1. The van der Waals surface area contributed by atoms with E-state index in [0.717, 1.165) is 12.0 Å². The molecule has 0 aliphatic rings. The first-order valence-electron chi connectivity index (χ1n) is 9.20. The van der Waals surface area contributed by atoms with E-state index in [-0.39, 0.29) is 17.3 Å². The van der Waals surface area contributed by atoms with Crippen molar-refractivity contribution in [2.75, 3.05) is 6.61 Å². The summed E-state index contributed by atoms with van der Waals surface area (Å²) in [6.07, 6.45) is 0.845. The molecule has 1 aromatic heterocycles. The molecule has 3 aromatic rings. The van der Waals surface area contributed by atoms with Crippen LogP contribution in [-0.2, 0) is 5.41 Å². The van der Waals surface area contributed by atoms with Crippen molar-refractivity contribution in [1.29, 1.82) is 0 Å². The molecule has 0 fully saturated rings. The van der Waals surface area contributed by atoms with Crippen molar-refractivity contribution in [3.05, 3.63) is 65.7 Å². The van der Waals surface area contributed by atoms with Gasteiger partial charge in [-0.15, -0.1) is 5.10 Å². The number of carbonyl (C=O) groups is 1. The molecular weight excluding hydrogens is 338 g/mol. The molecule has 2 aromatic carbocycles. The molecule has 0 saturated heterocycles. The maximum atomic E-state index is 13.1. The number of hydrogen-bond acceptors (Lipinski definition) is 4. The number of rotatable bonds is 5. The zero-order chi connectivity index (χ0) is 19.4. The van der Waals surface area contributed by atoms with Gasteiger partial charge in [-0.05, 0) is 29.5 Å². The van der Waals surface area contributed by atoms with E-state index in [1.165, 1.54) is 10.2 Å². The highest BCUT2D eigenvalue weighted by Crippen LogP contribution is 2.24. The average Bonchev–Trinajstić information content (AvgIpc) is 3.10. The minimum absolute atomic E-state index is 0.0329. The van der Waals surface area contributed by atoms with Crippen molar-refractivity contribution in [2.24, 2.45) is 0 Å². The molecule has 0 amide bonds. The Morgan fingerprint density at radius 3 is 2.30 bits per heavy atom. The van der Waals surface area contributed by atoms with Gasteiger partial charge in [0, 0.05) is 11.1 Å². The van der Waals surface area contributed by atoms with Crippen LogP contribution >= 0.6 is 0 Å². The molecule has 5 heteroatoms. The average molecular weight is 363 g/mol. The van der Waals surface area contributed by atoms with Crippen LogP contribution in [-0.4, -0.2) is 27.3 Å². The second-order valence-corrected chi connectivity index (χ2v) is 7.48. The van der Waals surface area contributed by atoms with Gasteiger partial charge in [0.1, 0.15) is 0 Å². The second kappa shape index (κ2) is 7.74. The molecule has 3 rings (SSSR count). The lowest BCUT2D eigenvalue weighted by atomic mass is 9.87. The fourth-order valence-corrected chi connectivity index (χ4v) is 2.70. The van der Waals surface area contributed by atoms with Gasteiger partial charge in [0.2, 0.25) is 0 Å². The van der Waals surface area contributed by atoms with E-state index in [0.29, 0.717) is 18.0 Å². The number of aromatic nitrogens is 3. The minimum Gasteiger partial charge on any atom is -0.462 e. The third kappa shape index (κ3) is 4.25. The highest BCUT2D eigenvalue weighted by atomic mass is 16.5. The maximum Gasteiger partial charge on any atom is 0.336 e. The zero-order valence-corrected chi connectivity index (χ0v) is 16.3. The van der Waals surface area contributed by atoms with Crippen LogP contribution in [0.2, 0.25) is 0 Å². The van der Waals surface area contributed by atoms with Gasteiger partial charge in [-0.1, -0.05) is 70.2 Å². The van der Waals surface area contributed by atoms with E-state index in [2.05, 4.69) is 30.9 Å². The van der Waals surface area contributed by atoms with Crippen LogP contribution in [0.15, 0.2) is 54.6 Å². The van der Waals surface area contributed by atoms with Gasteiger partial charge in [0.15, 0.2) is 5.82 Å². The Bertz CT molecular complexity index is 907. The molecule has 140 valence electrons. The summed E-state index contributed by atoms with van der Waals surface area (Å²) >= 11 is 0. The van der Waals surface area contributed by atoms with E-state index in [1.54, 1.807) is 0 Å². The normalized spacial score (nSPS) is 11.4. The first-order chi connectivity index (χ1) is 12.9. The summed E-state index contributed by atoms with van der Waals surface area (Å²) in [6, 6.07) is 17.4. The van der Waals surface area contributed by atoms with E-state index in [1.807, 2.05) is 61.5 Å². The summed E-state index contributed by atoms with van der Waals surface area (Å²) in [4.78, 5) is 17.5. The summed E-state index contributed by atoms with van der Waals surface area (Å²) in [5.74, 6) is 0.250. The standard InChI is InChI=1S/C22H25N3O2/c1-5-15-27-21-23-19(16-9-7-6-8-10-16)25(24-21)20(26)17-11-13-18(14-12-17)22(2,3)4/h6-14H,5,15H2,1-4H3. The smallest absolute Gasteiger partial charge is 0.336 e. The number of benzene rings is 2. The Hall–Kier alpha value is -2.95. The fourth-order valence-electron chi connectivity index (χ4n) is 2.70. The van der Waals surface area contributed by atoms with Crippen molar-refractivity contribution < 1.29 is 9.53 Å². The molecule has 1 heterocycles. The highest BCUT2D eigenvalue weighted by Gasteiger charge is 2.21. The third-order valence-electron chi connectivity index (χ3n) is 4.25. The lowest BCUT2D eigenvalue weighted by Crippen LogP contribution is -2.16. The minimum atomic E-state index is -0.229. The van der Waals surface area contributed by atoms with Crippen LogP contribution in [0.3, 0.4) is 0 Å². The fraction of sp³-hybridized carbons (Fsp3) is 0.318. The first-order valence-corrected chi connectivity index (χ1v) is 9.20. The summed E-state index contributed by atoms with van der Waals surface area (Å²) in [6.45, 7) is 8.95. The van der Waals surface area contributed by atoms with Crippen LogP contribution < -0.4 is 4.74 Å². The molecule has 0 radical (unpaired) electrons. The van der Waals surface area contributed by atoms with Crippen molar-refractivity contribution in [2.45, 2.75) is 39.5 Å². The van der Waals surface area contributed by atoms with Gasteiger partial charge in [0.25, 0.3) is 5.91 Å². The van der Waals surface area contributed by atoms with Gasteiger partial charge >= 0.3 is 6.01 Å². The lowest BCUT2D eigenvalue weighted by molar-refractivity contribution is 0.0944. The summed E-state index contributed by atoms with van der Waals surface area (Å²) in [5, 5.41) is 4.31. The summed E-state index contributed by atoms with van der Waals surface area (Å²) in [5.41, 5.74) is 2.58. The van der Waals surface area contributed by atoms with E-state index < -0.39 is 0 Å². The van der Waals surface area contributed by atoms with Gasteiger partial charge in [-0.25, -0.2) is 0 Å². The highest BCUT2D eigenvalue weighted by molar-refractivity contribution is 5.97. The van der Waals surface area contributed by atoms with Gasteiger partial charge in [0.05, 0.1) is 6.61 Å². The molecule has 27 heavy (non-hydrogen) atoms. The van der Waals surface area contributed by atoms with E-state index in [4.69, 9.17) is 4.74 Å². The lowest BCUT2D eigenvalue weighted by Gasteiger charge is -2.19. The topological polar surface area (TPSA) is 57.0 Å². The Kier molecular flexibility index (Phi) is 5.40. The first kappa shape index (κ1) is 18.8. The molecule has 0 bridgehead atoms. The predicted octanol–water partition coefficient (Wildman–Crippen LogP) is 4.72. The molecule has 5 nitrogen and oxygen atoms in total. The van der Waals surface area contributed by atoms with E-state index >= 15 is 0 Å². The molecule has 0 N–H and O–H groups in total. The van der Waals surface area contributed by atoms with Gasteiger partial charge in [-0.2, -0.15) is 9.67 Å². The Labute approximate surface area is 160 Å². The van der Waals surface area contributed by atoms with Crippen LogP contribution in [0.4, 0.5) is 0 Å². The summed E-state index contributed by atoms with van der Waals surface area (Å²) < 4.78 is 6.88. The Morgan fingerprint density at radius 1 is 1.04 bits per heavy atom. The Balaban J connectivity index is 1.99. The largest absolute Gasteiger partial charge is 0.462 e. The predicted molar refractivity (Wildman–Crippen MR) is 106 cm³/mol. The molecule has 0 unspecified atom stereocenters. The zero-order valence-electron chi connectivity index (χ0n) is 16.3. The molecule has 0 aliphatic heterocycles. The SMILES string of the molecule is CCCOc1nc(-c2ccccc2)n(C(=O)c2ccc(C(C)(C)C)cc2)n1. The van der Waals surface area contributed by atoms with Crippen molar-refractivity contribution in [1.82, 2.24) is 14.8 Å². The van der Waals surface area contributed by atoms with Gasteiger partial charge in [-0.3, -0.25) is 4.79 Å². The quantitative estimate of drug-likeness (QED) is 0.658. The molecule has 0 saturated carbocycles. The summed E-state index contributed by atoms with van der Waals surface area (Å²) in [7, 11) is 0. The van der Waals surface area contributed by atoms with Gasteiger partial charge < -0.3 is 4.74 Å². The van der Waals surface area contributed by atoms with Crippen LogP contribution in [0.5, 0.6) is 6.01 Å². The van der Waals surface area contributed by atoms with Crippen LogP contribution in [0, 0.1) is 0 Å². The molecule has 0 spiro atoms.